The second-order valence-corrected chi connectivity index (χ2v) is 8.05. The molecule has 0 radical (unpaired) electrons. The molecule has 0 fully saturated rings. The van der Waals surface area contributed by atoms with Crippen molar-refractivity contribution in [3.8, 4) is 5.75 Å². The number of nitrogens with two attached hydrogens (primary N) is 1. The average Bonchev–Trinajstić information content (AvgIpc) is 3.07. The van der Waals surface area contributed by atoms with E-state index in [1.54, 1.807) is 0 Å². The first-order chi connectivity index (χ1) is 13.8. The van der Waals surface area contributed by atoms with Crippen LogP contribution in [0.5, 0.6) is 5.75 Å². The van der Waals surface area contributed by atoms with Crippen LogP contribution in [0.25, 0.3) is 0 Å². The Labute approximate surface area is 176 Å². The molecule has 1 atom stereocenters. The minimum atomic E-state index is -4.67. The van der Waals surface area contributed by atoms with Crippen molar-refractivity contribution in [1.82, 2.24) is 14.9 Å². The van der Waals surface area contributed by atoms with Crippen LogP contribution in [0, 0.1) is 0 Å². The maximum atomic E-state index is 12.9. The van der Waals surface area contributed by atoms with E-state index in [9.17, 15) is 13.2 Å². The fourth-order valence-corrected chi connectivity index (χ4v) is 4.25. The third-order valence-corrected chi connectivity index (χ3v) is 5.62. The lowest BCUT2D eigenvalue weighted by atomic mass is 10.1. The predicted octanol–water partition coefficient (Wildman–Crippen LogP) is 4.67. The molecule has 4 rings (SSSR count). The molecule has 0 unspecified atom stereocenters. The topological polar surface area (TPSA) is 75.2 Å². The number of alkyl halides is 3. The van der Waals surface area contributed by atoms with Gasteiger partial charge in [0.2, 0.25) is 11.4 Å². The van der Waals surface area contributed by atoms with E-state index in [2.05, 4.69) is 26.1 Å². The zero-order valence-corrected chi connectivity index (χ0v) is 17.1. The van der Waals surface area contributed by atoms with Crippen LogP contribution in [0.1, 0.15) is 28.8 Å². The number of nitrogen functional groups attached to an aromatic ring is 1. The van der Waals surface area contributed by atoms with Gasteiger partial charge in [0.15, 0.2) is 0 Å². The smallest absolute Gasteiger partial charge is 0.453 e. The van der Waals surface area contributed by atoms with Crippen LogP contribution >= 0.6 is 27.7 Å². The number of thioether (sulfide) groups is 1. The van der Waals surface area contributed by atoms with E-state index in [0.29, 0.717) is 17.0 Å². The Kier molecular flexibility index (Phi) is 5.45. The Morgan fingerprint density at radius 2 is 1.97 bits per heavy atom. The van der Waals surface area contributed by atoms with Gasteiger partial charge >= 0.3 is 6.18 Å². The van der Waals surface area contributed by atoms with Crippen molar-refractivity contribution >= 4 is 27.7 Å². The second kappa shape index (κ2) is 7.88. The van der Waals surface area contributed by atoms with Gasteiger partial charge in [0.25, 0.3) is 5.82 Å². The molecule has 6 nitrogen and oxygen atoms in total. The predicted molar refractivity (Wildman–Crippen MR) is 103 cm³/mol. The minimum absolute atomic E-state index is 0.0438. The van der Waals surface area contributed by atoms with Crippen LogP contribution in [-0.4, -0.2) is 14.9 Å². The van der Waals surface area contributed by atoms with E-state index in [-0.39, 0.29) is 10.9 Å². The van der Waals surface area contributed by atoms with E-state index < -0.39 is 18.3 Å². The van der Waals surface area contributed by atoms with Crippen LogP contribution < -0.4 is 10.6 Å². The van der Waals surface area contributed by atoms with Crippen LogP contribution in [-0.2, 0) is 23.3 Å². The summed E-state index contributed by atoms with van der Waals surface area (Å²) in [5.74, 6) is 5.19. The minimum Gasteiger partial charge on any atom is -0.460 e. The van der Waals surface area contributed by atoms with E-state index >= 15 is 0 Å². The number of hydrogen-bond donors (Lipinski definition) is 1. The van der Waals surface area contributed by atoms with Crippen LogP contribution in [0.4, 0.5) is 13.2 Å². The number of halogens is 4. The zero-order chi connectivity index (χ0) is 20.6. The van der Waals surface area contributed by atoms with Gasteiger partial charge in [0.05, 0.1) is 6.61 Å². The second-order valence-electron chi connectivity index (χ2n) is 6.19. The van der Waals surface area contributed by atoms with Crippen molar-refractivity contribution in [3.05, 3.63) is 69.5 Å². The van der Waals surface area contributed by atoms with Gasteiger partial charge in [-0.25, -0.2) is 4.68 Å². The molecule has 0 bridgehead atoms. The fourth-order valence-electron chi connectivity index (χ4n) is 2.87. The highest BCUT2D eigenvalue weighted by molar-refractivity contribution is 9.10. The van der Waals surface area contributed by atoms with Crippen LogP contribution in [0.2, 0.25) is 0 Å². The molecule has 11 heteroatoms. The summed E-state index contributed by atoms with van der Waals surface area (Å²) in [5.41, 5.74) is 2.49. The summed E-state index contributed by atoms with van der Waals surface area (Å²) in [6.07, 6.45) is -5.23. The van der Waals surface area contributed by atoms with Gasteiger partial charge in [-0.15, -0.1) is 10.2 Å². The maximum absolute atomic E-state index is 12.9. The van der Waals surface area contributed by atoms with Gasteiger partial charge in [0.1, 0.15) is 5.75 Å². The zero-order valence-electron chi connectivity index (χ0n) is 14.7. The average molecular weight is 487 g/mol. The summed E-state index contributed by atoms with van der Waals surface area (Å²) < 4.78 is 51.7. The highest BCUT2D eigenvalue weighted by Crippen LogP contribution is 2.40. The molecule has 152 valence electrons. The first-order valence-electron chi connectivity index (χ1n) is 8.38. The van der Waals surface area contributed by atoms with Gasteiger partial charge < -0.3 is 15.3 Å². The summed E-state index contributed by atoms with van der Waals surface area (Å²) in [6.45, 7) is 0.345. The molecule has 1 aromatic heterocycles. The molecule has 2 aromatic carbocycles. The quantitative estimate of drug-likeness (QED) is 0.426. The van der Waals surface area contributed by atoms with Crippen molar-refractivity contribution < 1.29 is 22.6 Å². The van der Waals surface area contributed by atoms with Crippen LogP contribution in [0.15, 0.2) is 52.1 Å². The maximum Gasteiger partial charge on any atom is 0.453 e. The number of hydrogen-bond acceptors (Lipinski definition) is 6. The van der Waals surface area contributed by atoms with Crippen molar-refractivity contribution in [2.75, 3.05) is 5.84 Å². The Morgan fingerprint density at radius 1 is 1.21 bits per heavy atom. The molecule has 0 spiro atoms. The fraction of sp³-hybridized carbons (Fsp3) is 0.222. The molecule has 0 amide bonds. The van der Waals surface area contributed by atoms with Crippen molar-refractivity contribution in [2.24, 2.45) is 0 Å². The lowest BCUT2D eigenvalue weighted by Crippen LogP contribution is -2.21. The summed E-state index contributed by atoms with van der Waals surface area (Å²) in [4.78, 5) is 0. The van der Waals surface area contributed by atoms with Gasteiger partial charge in [-0.05, 0) is 12.1 Å². The van der Waals surface area contributed by atoms with Crippen molar-refractivity contribution in [1.29, 1.82) is 0 Å². The largest absolute Gasteiger partial charge is 0.460 e. The number of fused-ring (bicyclic) bond motifs is 1. The molecule has 1 aliphatic rings. The lowest BCUT2D eigenvalue weighted by Gasteiger charge is -2.28. The summed E-state index contributed by atoms with van der Waals surface area (Å²) in [6, 6.07) is 13.2. The number of aromatic nitrogens is 3. The van der Waals surface area contributed by atoms with Crippen molar-refractivity contribution in [3.63, 3.8) is 0 Å². The van der Waals surface area contributed by atoms with E-state index in [1.165, 1.54) is 0 Å². The summed E-state index contributed by atoms with van der Waals surface area (Å²) in [7, 11) is 0. The van der Waals surface area contributed by atoms with E-state index in [1.807, 2.05) is 42.5 Å². The van der Waals surface area contributed by atoms with E-state index in [4.69, 9.17) is 15.3 Å². The molecule has 1 aliphatic heterocycles. The third kappa shape index (κ3) is 4.21. The Morgan fingerprint density at radius 3 is 2.66 bits per heavy atom. The highest BCUT2D eigenvalue weighted by Gasteiger charge is 2.38. The Balaban J connectivity index is 1.58. The molecule has 29 heavy (non-hydrogen) atoms. The first kappa shape index (κ1) is 20.0. The third-order valence-electron chi connectivity index (χ3n) is 4.17. The van der Waals surface area contributed by atoms with Gasteiger partial charge in [-0.3, -0.25) is 0 Å². The molecule has 0 saturated carbocycles. The SMILES string of the molecule is Nn1c(SCc2cc(Br)cc3c2O[C@H](c2ccccc2)OC3)nnc1C(F)(F)F. The van der Waals surface area contributed by atoms with Crippen LogP contribution in [0.3, 0.4) is 0 Å². The molecule has 0 saturated heterocycles. The Hall–Kier alpha value is -2.24. The molecule has 3 aromatic rings. The molecule has 0 aliphatic carbocycles. The lowest BCUT2D eigenvalue weighted by molar-refractivity contribution is -0.146. The number of nitrogens with zero attached hydrogens (tertiary/aromatic N) is 3. The number of benzene rings is 2. The molecule has 2 heterocycles. The van der Waals surface area contributed by atoms with Crippen molar-refractivity contribution in [2.45, 2.75) is 30.0 Å². The number of ether oxygens (including phenoxy) is 2. The molecular formula is C18H14BrF3N4O2S. The monoisotopic (exact) mass is 486 g/mol. The van der Waals surface area contributed by atoms with Gasteiger partial charge in [0, 0.05) is 26.9 Å². The van der Waals surface area contributed by atoms with Gasteiger partial charge in [-0.2, -0.15) is 13.2 Å². The van der Waals surface area contributed by atoms with E-state index in [0.717, 1.165) is 32.9 Å². The highest BCUT2D eigenvalue weighted by atomic mass is 79.9. The normalized spacial score (nSPS) is 16.3. The first-order valence-corrected chi connectivity index (χ1v) is 10.2. The molecule has 2 N–H and O–H groups in total. The Bertz CT molecular complexity index is 1030. The molecular weight excluding hydrogens is 473 g/mol. The standard InChI is InChI=1S/C18H14BrF3N4O2S/c19-13-6-11-8-27-15(10-4-2-1-3-5-10)28-14(11)12(7-13)9-29-17-25-24-16(26(17)23)18(20,21)22/h1-7,15H,8-9,23H2/t15-/m1/s1. The number of rotatable bonds is 4. The van der Waals surface area contributed by atoms with Gasteiger partial charge in [-0.1, -0.05) is 58.0 Å². The summed E-state index contributed by atoms with van der Waals surface area (Å²) in [5, 5.41) is 6.64. The summed E-state index contributed by atoms with van der Waals surface area (Å²) >= 11 is 4.48.